The summed E-state index contributed by atoms with van der Waals surface area (Å²) < 4.78 is 252. The number of anilines is 5. The first-order valence-corrected chi connectivity index (χ1v) is 48.3. The van der Waals surface area contributed by atoms with E-state index in [1.165, 1.54) is 20.1 Å². The lowest BCUT2D eigenvalue weighted by Crippen LogP contribution is -2.53. The lowest BCUT2D eigenvalue weighted by Gasteiger charge is -2.38. The smallest absolute Gasteiger partial charge is 0.411 e. The van der Waals surface area contributed by atoms with Gasteiger partial charge in [-0.1, -0.05) is 36.4 Å². The third kappa shape index (κ3) is 22.4. The summed E-state index contributed by atoms with van der Waals surface area (Å²) in [5, 5.41) is 7.28. The minimum Gasteiger partial charge on any atom is -0.493 e. The summed E-state index contributed by atoms with van der Waals surface area (Å²) in [5.74, 6) is -11.2. The highest BCUT2D eigenvalue weighted by Gasteiger charge is 2.50. The molecule has 11 heterocycles. The zero-order valence-electron chi connectivity index (χ0n) is 83.4. The number of carbonyl (C=O) groups is 6. The fourth-order valence-corrected chi connectivity index (χ4v) is 20.0. The van der Waals surface area contributed by atoms with Crippen LogP contribution in [0.2, 0.25) is 0 Å². The largest absolute Gasteiger partial charge is 0.493 e. The molecule has 3 amide bonds. The molecule has 0 saturated carbocycles. The van der Waals surface area contributed by atoms with Crippen molar-refractivity contribution in [3.63, 3.8) is 0 Å². The second-order valence-electron chi connectivity index (χ2n) is 37.6. The predicted molar refractivity (Wildman–Crippen MR) is 519 cm³/mol. The molecule has 8 aliphatic heterocycles. The number of morpholine rings is 3. The minimum absolute atomic E-state index is 0.0197. The van der Waals surface area contributed by atoms with Crippen molar-refractivity contribution in [3.8, 4) is 50.6 Å². The van der Waals surface area contributed by atoms with Crippen LogP contribution in [-0.2, 0) is 102 Å². The summed E-state index contributed by atoms with van der Waals surface area (Å²) >= 11 is 0. The molecule has 29 nitrogen and oxygen atoms in total. The first-order valence-electron chi connectivity index (χ1n) is 48.3. The van der Waals surface area contributed by atoms with Gasteiger partial charge in [-0.25, -0.2) is 36.3 Å². The number of carbonyl (C=O) groups excluding carboxylic acids is 6. The van der Waals surface area contributed by atoms with Gasteiger partial charge in [0.05, 0.1) is 114 Å². The molecule has 0 bridgehead atoms. The number of fused-ring (bicyclic) bond motifs is 3. The number of ether oxygens (including phenoxy) is 9. The van der Waals surface area contributed by atoms with Crippen LogP contribution in [0.5, 0.6) is 17.2 Å². The molecule has 5 fully saturated rings. The van der Waals surface area contributed by atoms with Gasteiger partial charge in [-0.05, 0) is 192 Å². The van der Waals surface area contributed by atoms with E-state index >= 15 is 22.0 Å². The number of alkyl halides is 9. The number of nitrogens with one attached hydrogen (secondary N) is 3. The molecule has 3 aromatic heterocycles. The summed E-state index contributed by atoms with van der Waals surface area (Å²) in [5.41, 5.74) is 9.55. The molecule has 9 aromatic rings. The van der Waals surface area contributed by atoms with Crippen LogP contribution in [0.15, 0.2) is 99.3 Å². The van der Waals surface area contributed by atoms with Gasteiger partial charge < -0.3 is 96.8 Å². The van der Waals surface area contributed by atoms with Crippen molar-refractivity contribution in [2.75, 3.05) is 151 Å². The fraction of sp³-hybridized carbons (Fsp3) is 0.457. The maximum Gasteiger partial charge on any atom is 0.411 e. The average Bonchev–Trinajstić information content (AvgIpc) is 0.753. The third-order valence-electron chi connectivity index (χ3n) is 28.7. The van der Waals surface area contributed by atoms with Crippen molar-refractivity contribution in [3.05, 3.63) is 229 Å². The molecular weight excluding hydrogens is 1970 g/mol. The minimum atomic E-state index is -4.73. The van der Waals surface area contributed by atoms with E-state index in [9.17, 15) is 82.7 Å². The van der Waals surface area contributed by atoms with Gasteiger partial charge in [0.15, 0.2) is 0 Å². The topological polar surface area (TPSA) is 304 Å². The Kier molecular flexibility index (Phi) is 32.8. The molecule has 3 N–H and O–H groups in total. The summed E-state index contributed by atoms with van der Waals surface area (Å²) in [6.45, 7) is 12.6. The van der Waals surface area contributed by atoms with Crippen molar-refractivity contribution in [2.24, 2.45) is 21.1 Å². The van der Waals surface area contributed by atoms with Crippen molar-refractivity contribution in [2.45, 2.75) is 167 Å². The number of hydrogen-bond donors (Lipinski definition) is 3. The molecule has 0 spiro atoms. The van der Waals surface area contributed by atoms with Gasteiger partial charge in [0, 0.05) is 137 Å². The van der Waals surface area contributed by atoms with Gasteiger partial charge in [0.1, 0.15) is 93.7 Å². The average molecular weight is 2080 g/mol. The molecule has 0 unspecified atom stereocenters. The zero-order valence-corrected chi connectivity index (χ0v) is 83.4. The van der Waals surface area contributed by atoms with Crippen LogP contribution in [0.1, 0.15) is 130 Å². The summed E-state index contributed by atoms with van der Waals surface area (Å²) in [6.07, 6.45) is -8.70. The van der Waals surface area contributed by atoms with Crippen LogP contribution in [0, 0.1) is 70.6 Å². The second-order valence-corrected chi connectivity index (χ2v) is 37.6. The molecule has 794 valence electrons. The molecule has 6 aromatic carbocycles. The number of pyridine rings is 3. The van der Waals surface area contributed by atoms with Crippen LogP contribution < -0.4 is 71.3 Å². The normalized spacial score (nSPS) is 17.7. The molecule has 5 saturated heterocycles. The Hall–Kier alpha value is -13.7. The number of hydrogen-bond acceptors (Lipinski definition) is 23. The Morgan fingerprint density at radius 1 is 0.378 bits per heavy atom. The van der Waals surface area contributed by atoms with E-state index in [0.717, 1.165) is 130 Å². The number of halogens is 14. The number of rotatable bonds is 23. The Balaban J connectivity index is 0.000000166. The van der Waals surface area contributed by atoms with Gasteiger partial charge in [-0.2, -0.15) is 39.5 Å². The molecule has 8 aliphatic rings. The summed E-state index contributed by atoms with van der Waals surface area (Å²) in [4.78, 5) is 127. The van der Waals surface area contributed by atoms with Crippen molar-refractivity contribution in [1.82, 2.24) is 29.7 Å². The highest BCUT2D eigenvalue weighted by molar-refractivity contribution is 6.00. The van der Waals surface area contributed by atoms with E-state index in [4.69, 9.17) is 42.6 Å². The van der Waals surface area contributed by atoms with Crippen LogP contribution in [0.3, 0.4) is 0 Å². The lowest BCUT2D eigenvalue weighted by molar-refractivity contribution is -0.167. The fourth-order valence-electron chi connectivity index (χ4n) is 20.0. The van der Waals surface area contributed by atoms with Gasteiger partial charge in [-0.15, -0.1) is 0 Å². The number of aryl methyl sites for hydroxylation is 3. The Labute approximate surface area is 841 Å². The van der Waals surface area contributed by atoms with Crippen LogP contribution in [0.25, 0.3) is 33.4 Å². The standard InChI is InChI=1S/2C35H37F5N4O6.C35H39F4N3O6/c2*1-19-14-27(43-9-5-10-43)29(33(46)42(19)2)23-8-7-20(22-6-4-12-50-31(22)23)15-26(34(47)48-3)41-32(45)30-24(36)16-21(17-25(30)37)44-11-13-49-18-28(44)35(38,39)40;1-18-14-23(42-11-13-47-17-28(42)35(37,38)39)16-26(36)29(18)32(43)40-27(34(45)46-6)15-22-9-10-25(31-24(22)8-7-12-48-31)30-20(3)19(2)21(4)41(5)33(30)44/h2*7-8,14,16-17,26,28H,4-6,9-13,15,18H2,1-3H3,(H,41,45);9-10,14,16,27-28H,7-8,11-13,15,17H2,1-6H3,(H,40,43)/t2*26-,28+;27-,28+/m000/s1. The number of methoxy groups -OCH3 is 3. The maximum absolute atomic E-state index is 15.5. The molecule has 148 heavy (non-hydrogen) atoms. The Morgan fingerprint density at radius 3 is 0.973 bits per heavy atom. The maximum atomic E-state index is 15.5. The molecule has 0 aliphatic carbocycles. The Bertz CT molecular complexity index is 6500. The third-order valence-corrected chi connectivity index (χ3v) is 28.7. The number of amides is 3. The zero-order chi connectivity index (χ0) is 107. The SMILES string of the molecule is COC(=O)[C@H](Cc1ccc(-c2c(C)c(C)c(C)n(C)c2=O)c2c1CCCO2)NC(=O)c1c(C)cc(N2CCOC[C@@H]2C(F)(F)F)cc1F.COC(=O)[C@H](Cc1ccc(-c2c(N3CCC3)cc(C)n(C)c2=O)c2c1CCCO2)NC(=O)c1c(F)cc(N2CCOC[C@@H]2C(F)(F)F)cc1F.COC(=O)[C@H](Cc1ccc(-c2c(N3CCC3)cc(C)n(C)c2=O)c2c1CCCO2)NC(=O)c1c(F)cc(N2CCOC[C@@H]2C(F)(F)F)cc1F. The first kappa shape index (κ1) is 108. The summed E-state index contributed by atoms with van der Waals surface area (Å²) in [6, 6.07) is 9.05. The van der Waals surface area contributed by atoms with Gasteiger partial charge in [0.2, 0.25) is 0 Å². The van der Waals surface area contributed by atoms with Crippen molar-refractivity contribution in [1.29, 1.82) is 0 Å². The monoisotopic (exact) mass is 2080 g/mol. The molecule has 17 rings (SSSR count). The Morgan fingerprint density at radius 2 is 0.676 bits per heavy atom. The molecular formula is C105H113F14N11O18. The van der Waals surface area contributed by atoms with E-state index < -0.39 is 167 Å². The van der Waals surface area contributed by atoms with E-state index in [2.05, 4.69) is 25.8 Å². The first-order chi connectivity index (χ1) is 70.2. The van der Waals surface area contributed by atoms with Gasteiger partial charge in [-0.3, -0.25) is 28.8 Å². The van der Waals surface area contributed by atoms with Crippen LogP contribution in [0.4, 0.5) is 89.9 Å². The van der Waals surface area contributed by atoms with E-state index in [-0.39, 0.29) is 86.6 Å². The van der Waals surface area contributed by atoms with Crippen LogP contribution in [-0.4, -0.2) is 231 Å². The summed E-state index contributed by atoms with van der Waals surface area (Å²) in [7, 11) is 8.49. The quantitative estimate of drug-likeness (QED) is 0.0304. The second kappa shape index (κ2) is 44.8. The number of benzene rings is 6. The highest BCUT2D eigenvalue weighted by Crippen LogP contribution is 2.47. The molecule has 6 atom stereocenters. The van der Waals surface area contributed by atoms with Crippen LogP contribution >= 0.6 is 0 Å². The number of esters is 3. The molecule has 43 heteroatoms. The number of aromatic nitrogens is 3. The van der Waals surface area contributed by atoms with Gasteiger partial charge >= 0.3 is 36.4 Å². The molecule has 0 radical (unpaired) electrons. The highest BCUT2D eigenvalue weighted by atomic mass is 19.4. The lowest BCUT2D eigenvalue weighted by atomic mass is 9.88. The van der Waals surface area contributed by atoms with E-state index in [1.54, 1.807) is 71.2 Å². The van der Waals surface area contributed by atoms with E-state index in [0.29, 0.717) is 150 Å². The number of nitrogens with zero attached hydrogens (tertiary/aromatic N) is 8. The predicted octanol–water partition coefficient (Wildman–Crippen LogP) is 13.9. The van der Waals surface area contributed by atoms with E-state index in [1.807, 2.05) is 46.8 Å². The van der Waals surface area contributed by atoms with Crippen molar-refractivity contribution >= 4 is 64.1 Å². The van der Waals surface area contributed by atoms with Gasteiger partial charge in [0.25, 0.3) is 34.4 Å². The van der Waals surface area contributed by atoms with Crippen molar-refractivity contribution < 1.29 is 133 Å².